The van der Waals surface area contributed by atoms with E-state index in [0.29, 0.717) is 38.8 Å². The van der Waals surface area contributed by atoms with E-state index in [0.717, 1.165) is 31.0 Å². The fourth-order valence-electron chi connectivity index (χ4n) is 3.21. The van der Waals surface area contributed by atoms with Crippen LogP contribution in [0.4, 0.5) is 18.9 Å². The zero-order chi connectivity index (χ0) is 21.2. The molecule has 2 amide bonds. The Morgan fingerprint density at radius 3 is 2.45 bits per heavy atom. The van der Waals surface area contributed by atoms with Crippen molar-refractivity contribution in [1.29, 1.82) is 0 Å². The Bertz CT molecular complexity index is 762. The Hall–Kier alpha value is -1.84. The molecule has 1 aliphatic heterocycles. The smallest absolute Gasteiger partial charge is 0.352 e. The molecule has 1 aliphatic carbocycles. The maximum atomic E-state index is 12.9. The number of benzene rings is 1. The van der Waals surface area contributed by atoms with Crippen LogP contribution in [0.25, 0.3) is 0 Å². The molecule has 1 heterocycles. The van der Waals surface area contributed by atoms with Crippen molar-refractivity contribution in [3.63, 3.8) is 0 Å². The lowest BCUT2D eigenvalue weighted by Crippen LogP contribution is -2.54. The number of hydrogen-bond acceptors (Lipinski definition) is 4. The molecule has 0 bridgehead atoms. The highest BCUT2D eigenvalue weighted by Gasteiger charge is 2.32. The number of carbonyl (C=O) groups excluding carboxylic acids is 2. The maximum absolute atomic E-state index is 12.9. The predicted molar refractivity (Wildman–Crippen MR) is 104 cm³/mol. The van der Waals surface area contributed by atoms with E-state index in [4.69, 9.17) is 11.6 Å². The van der Waals surface area contributed by atoms with Crippen LogP contribution in [0.5, 0.6) is 0 Å². The second kappa shape index (κ2) is 8.89. The summed E-state index contributed by atoms with van der Waals surface area (Å²) in [5.41, 5.74) is -0.934. The van der Waals surface area contributed by atoms with Gasteiger partial charge in [0.05, 0.1) is 28.9 Å². The Labute approximate surface area is 172 Å². The number of anilines is 1. The third kappa shape index (κ3) is 6.07. The lowest BCUT2D eigenvalue weighted by Gasteiger charge is -2.37. The Morgan fingerprint density at radius 2 is 1.86 bits per heavy atom. The molecule has 10 heteroatoms. The molecule has 3 rings (SSSR count). The van der Waals surface area contributed by atoms with E-state index in [-0.39, 0.29) is 16.6 Å². The number of nitrogens with one attached hydrogen (secondary N) is 2. The summed E-state index contributed by atoms with van der Waals surface area (Å²) in [5, 5.41) is 5.50. The highest BCUT2D eigenvalue weighted by Crippen LogP contribution is 2.34. The van der Waals surface area contributed by atoms with E-state index in [1.54, 1.807) is 6.92 Å². The molecule has 0 radical (unpaired) electrons. The van der Waals surface area contributed by atoms with Gasteiger partial charge in [0.1, 0.15) is 0 Å². The third-order valence-corrected chi connectivity index (χ3v) is 5.52. The number of rotatable bonds is 6. The number of carbonyl (C=O) groups is 2. The van der Waals surface area contributed by atoms with Crippen molar-refractivity contribution in [1.82, 2.24) is 15.1 Å². The van der Waals surface area contributed by atoms with Crippen LogP contribution in [0, 0.1) is 0 Å². The summed E-state index contributed by atoms with van der Waals surface area (Å²) >= 11 is 5.95. The zero-order valence-corrected chi connectivity index (χ0v) is 16.8. The van der Waals surface area contributed by atoms with Gasteiger partial charge in [-0.1, -0.05) is 11.6 Å². The van der Waals surface area contributed by atoms with Crippen LogP contribution in [-0.4, -0.2) is 66.4 Å². The second-order valence-corrected chi connectivity index (χ2v) is 7.92. The summed E-state index contributed by atoms with van der Waals surface area (Å²) in [4.78, 5) is 28.4. The van der Waals surface area contributed by atoms with Gasteiger partial charge in [0.25, 0.3) is 0 Å². The van der Waals surface area contributed by atoms with E-state index in [1.165, 1.54) is 0 Å². The minimum atomic E-state index is -4.52. The lowest BCUT2D eigenvalue weighted by atomic mass is 10.1. The van der Waals surface area contributed by atoms with E-state index >= 15 is 0 Å². The van der Waals surface area contributed by atoms with Gasteiger partial charge < -0.3 is 10.6 Å². The van der Waals surface area contributed by atoms with Crippen LogP contribution in [-0.2, 0) is 15.8 Å². The number of hydrogen-bond donors (Lipinski definition) is 2. The SMILES string of the molecule is CC(C(=O)Nc1cc(C(F)(F)F)ccc1Cl)N1CCN(CC(=O)NC2CC2)CC1. The molecule has 29 heavy (non-hydrogen) atoms. The molecule has 2 fully saturated rings. The fraction of sp³-hybridized carbons (Fsp3) is 0.579. The molecule has 160 valence electrons. The van der Waals surface area contributed by atoms with Crippen molar-refractivity contribution in [2.75, 3.05) is 38.0 Å². The van der Waals surface area contributed by atoms with Crippen LogP contribution >= 0.6 is 11.6 Å². The largest absolute Gasteiger partial charge is 0.416 e. The van der Waals surface area contributed by atoms with Gasteiger partial charge in [0.15, 0.2) is 0 Å². The molecular formula is C19H24ClF3N4O2. The van der Waals surface area contributed by atoms with Gasteiger partial charge >= 0.3 is 6.18 Å². The second-order valence-electron chi connectivity index (χ2n) is 7.51. The van der Waals surface area contributed by atoms with Gasteiger partial charge in [-0.05, 0) is 38.0 Å². The quantitative estimate of drug-likeness (QED) is 0.725. The zero-order valence-electron chi connectivity index (χ0n) is 16.1. The normalized spacial score (nSPS) is 19.6. The van der Waals surface area contributed by atoms with Gasteiger partial charge in [-0.15, -0.1) is 0 Å². The summed E-state index contributed by atoms with van der Waals surface area (Å²) in [6, 6.07) is 2.62. The molecule has 0 spiro atoms. The van der Waals surface area contributed by atoms with Crippen molar-refractivity contribution in [3.05, 3.63) is 28.8 Å². The molecule has 1 aromatic rings. The first-order chi connectivity index (χ1) is 13.6. The van der Waals surface area contributed by atoms with Crippen LogP contribution in [0.2, 0.25) is 5.02 Å². The molecule has 2 aliphatic rings. The van der Waals surface area contributed by atoms with Crippen LogP contribution in [0.1, 0.15) is 25.3 Å². The van der Waals surface area contributed by atoms with Gasteiger partial charge in [-0.25, -0.2) is 0 Å². The van der Waals surface area contributed by atoms with Gasteiger partial charge in [-0.3, -0.25) is 19.4 Å². The topological polar surface area (TPSA) is 64.7 Å². The average molecular weight is 433 g/mol. The molecular weight excluding hydrogens is 409 g/mol. The predicted octanol–water partition coefficient (Wildman–Crippen LogP) is 2.58. The first kappa shape index (κ1) is 21.9. The molecule has 1 unspecified atom stereocenters. The minimum absolute atomic E-state index is 0.0194. The summed E-state index contributed by atoms with van der Waals surface area (Å²) in [6.45, 7) is 4.49. The maximum Gasteiger partial charge on any atom is 0.416 e. The number of piperazine rings is 1. The standard InChI is InChI=1S/C19H24ClF3N4O2/c1-12(18(29)25-16-10-13(19(21,22)23)2-5-15(16)20)27-8-6-26(7-9-27)11-17(28)24-14-3-4-14/h2,5,10,12,14H,3-4,6-9,11H2,1H3,(H,24,28)(H,25,29). The monoisotopic (exact) mass is 432 g/mol. The first-order valence-electron chi connectivity index (χ1n) is 9.57. The molecule has 1 saturated carbocycles. The van der Waals surface area contributed by atoms with E-state index < -0.39 is 23.7 Å². The van der Waals surface area contributed by atoms with Crippen molar-refractivity contribution in [2.45, 2.75) is 38.0 Å². The first-order valence-corrected chi connectivity index (χ1v) is 9.94. The summed E-state index contributed by atoms with van der Waals surface area (Å²) in [5.74, 6) is -0.405. The van der Waals surface area contributed by atoms with E-state index in [1.807, 2.05) is 9.80 Å². The summed E-state index contributed by atoms with van der Waals surface area (Å²) in [7, 11) is 0. The minimum Gasteiger partial charge on any atom is -0.352 e. The molecule has 1 saturated heterocycles. The Kier molecular flexibility index (Phi) is 6.70. The van der Waals surface area contributed by atoms with Crippen molar-refractivity contribution < 1.29 is 22.8 Å². The van der Waals surface area contributed by atoms with Crippen molar-refractivity contribution in [2.24, 2.45) is 0 Å². The van der Waals surface area contributed by atoms with E-state index in [9.17, 15) is 22.8 Å². The fourth-order valence-corrected chi connectivity index (χ4v) is 3.38. The molecule has 6 nitrogen and oxygen atoms in total. The third-order valence-electron chi connectivity index (χ3n) is 5.20. The molecule has 2 N–H and O–H groups in total. The Balaban J connectivity index is 1.51. The number of alkyl halides is 3. The summed E-state index contributed by atoms with van der Waals surface area (Å²) in [6.07, 6.45) is -2.43. The van der Waals surface area contributed by atoms with Gasteiger partial charge in [0.2, 0.25) is 11.8 Å². The Morgan fingerprint density at radius 1 is 1.21 bits per heavy atom. The number of amides is 2. The van der Waals surface area contributed by atoms with Crippen LogP contribution in [0.3, 0.4) is 0 Å². The van der Waals surface area contributed by atoms with Gasteiger partial charge in [-0.2, -0.15) is 13.2 Å². The molecule has 1 aromatic carbocycles. The highest BCUT2D eigenvalue weighted by molar-refractivity contribution is 6.33. The van der Waals surface area contributed by atoms with Gasteiger partial charge in [0, 0.05) is 32.2 Å². The van der Waals surface area contributed by atoms with Crippen LogP contribution in [0.15, 0.2) is 18.2 Å². The van der Waals surface area contributed by atoms with Crippen molar-refractivity contribution >= 4 is 29.1 Å². The molecule has 1 atom stereocenters. The average Bonchev–Trinajstić information content (AvgIpc) is 3.46. The summed E-state index contributed by atoms with van der Waals surface area (Å²) < 4.78 is 38.7. The number of nitrogens with zero attached hydrogens (tertiary/aromatic N) is 2. The van der Waals surface area contributed by atoms with Crippen LogP contribution < -0.4 is 10.6 Å². The highest BCUT2D eigenvalue weighted by atomic mass is 35.5. The molecule has 0 aromatic heterocycles. The van der Waals surface area contributed by atoms with Crippen molar-refractivity contribution in [3.8, 4) is 0 Å². The number of halogens is 4. The lowest BCUT2D eigenvalue weighted by molar-refractivity contribution is -0.137. The van der Waals surface area contributed by atoms with E-state index in [2.05, 4.69) is 10.6 Å².